The fraction of sp³-hybridized carbons (Fsp3) is 0.450. The Morgan fingerprint density at radius 2 is 1.92 bits per heavy atom. The van der Waals surface area contributed by atoms with Gasteiger partial charge in [-0.2, -0.15) is 0 Å². The van der Waals surface area contributed by atoms with E-state index in [0.717, 1.165) is 12.0 Å². The number of phenols is 1. The summed E-state index contributed by atoms with van der Waals surface area (Å²) in [5, 5.41) is 13.7. The molecule has 0 saturated heterocycles. The lowest BCUT2D eigenvalue weighted by molar-refractivity contribution is -0.130. The summed E-state index contributed by atoms with van der Waals surface area (Å²) in [6.45, 7) is 7.20. The standard InChI is InChI=1S/C20H26N2O4/c1-5-7-14-11(3)19(25)22-15-9-13(10-17(24)18(14)15)21-20(26)12(4)16(23)8-6-2/h9-10,12,24H,5-8H2,1-4H3,(H,21,26)(H,22,25). The second kappa shape index (κ2) is 8.17. The molecule has 1 aromatic heterocycles. The molecule has 0 aliphatic heterocycles. The monoisotopic (exact) mass is 358 g/mol. The van der Waals surface area contributed by atoms with Crippen molar-refractivity contribution in [1.29, 1.82) is 0 Å². The third-order valence-corrected chi connectivity index (χ3v) is 4.60. The predicted molar refractivity (Wildman–Crippen MR) is 103 cm³/mol. The highest BCUT2D eigenvalue weighted by Crippen LogP contribution is 2.32. The van der Waals surface area contributed by atoms with Crippen molar-refractivity contribution in [1.82, 2.24) is 4.98 Å². The molecule has 1 amide bonds. The molecule has 6 nitrogen and oxygen atoms in total. The summed E-state index contributed by atoms with van der Waals surface area (Å²) in [5.74, 6) is -1.32. The molecule has 0 saturated carbocycles. The number of ketones is 1. The molecule has 0 radical (unpaired) electrons. The van der Waals surface area contributed by atoms with Crippen LogP contribution in [-0.4, -0.2) is 21.8 Å². The highest BCUT2D eigenvalue weighted by atomic mass is 16.3. The molecule has 3 N–H and O–H groups in total. The van der Waals surface area contributed by atoms with E-state index >= 15 is 0 Å². The molecule has 0 fully saturated rings. The minimum Gasteiger partial charge on any atom is -0.507 e. The van der Waals surface area contributed by atoms with Crippen LogP contribution in [0.4, 0.5) is 5.69 Å². The number of aryl methyl sites for hydroxylation is 1. The molecule has 2 aromatic rings. The van der Waals surface area contributed by atoms with Gasteiger partial charge in [-0.25, -0.2) is 0 Å². The number of pyridine rings is 1. The van der Waals surface area contributed by atoms with Gasteiger partial charge in [-0.05, 0) is 38.3 Å². The molecular formula is C20H26N2O4. The van der Waals surface area contributed by atoms with Crippen LogP contribution < -0.4 is 10.9 Å². The molecule has 2 rings (SSSR count). The predicted octanol–water partition coefficient (Wildman–Crippen LogP) is 3.44. The normalized spacial score (nSPS) is 12.2. The number of hydrogen-bond acceptors (Lipinski definition) is 4. The minimum absolute atomic E-state index is 0.00635. The third-order valence-electron chi connectivity index (χ3n) is 4.60. The number of rotatable bonds is 7. The first-order valence-corrected chi connectivity index (χ1v) is 9.02. The molecule has 1 heterocycles. The van der Waals surface area contributed by atoms with Crippen molar-refractivity contribution in [3.8, 4) is 5.75 Å². The summed E-state index contributed by atoms with van der Waals surface area (Å²) < 4.78 is 0. The molecule has 26 heavy (non-hydrogen) atoms. The van der Waals surface area contributed by atoms with Gasteiger partial charge in [0.05, 0.1) is 11.4 Å². The van der Waals surface area contributed by atoms with Gasteiger partial charge in [0, 0.05) is 29.1 Å². The van der Waals surface area contributed by atoms with Crippen LogP contribution >= 0.6 is 0 Å². The fourth-order valence-electron chi connectivity index (χ4n) is 3.08. The smallest absolute Gasteiger partial charge is 0.251 e. The maximum atomic E-state index is 12.3. The van der Waals surface area contributed by atoms with E-state index in [2.05, 4.69) is 10.3 Å². The highest BCUT2D eigenvalue weighted by Gasteiger charge is 2.21. The molecule has 0 aliphatic rings. The fourth-order valence-corrected chi connectivity index (χ4v) is 3.08. The Balaban J connectivity index is 2.43. The van der Waals surface area contributed by atoms with E-state index < -0.39 is 11.8 Å². The van der Waals surface area contributed by atoms with E-state index in [4.69, 9.17) is 0 Å². The van der Waals surface area contributed by atoms with Crippen LogP contribution in [0, 0.1) is 12.8 Å². The van der Waals surface area contributed by atoms with Crippen LogP contribution in [0.5, 0.6) is 5.75 Å². The maximum absolute atomic E-state index is 12.3. The number of hydrogen-bond donors (Lipinski definition) is 3. The van der Waals surface area contributed by atoms with E-state index in [1.165, 1.54) is 6.07 Å². The van der Waals surface area contributed by atoms with Crippen molar-refractivity contribution in [3.63, 3.8) is 0 Å². The van der Waals surface area contributed by atoms with Crippen LogP contribution in [0.2, 0.25) is 0 Å². The number of Topliss-reactive ketones (excluding diaryl/α,β-unsaturated/α-hetero) is 1. The van der Waals surface area contributed by atoms with E-state index in [0.29, 0.717) is 41.4 Å². The first kappa shape index (κ1) is 19.7. The van der Waals surface area contributed by atoms with Gasteiger partial charge in [-0.3, -0.25) is 14.4 Å². The SMILES string of the molecule is CCCC(=O)C(C)C(=O)Nc1cc(O)c2c(CCC)c(C)c(=O)[nH]c2c1. The summed E-state index contributed by atoms with van der Waals surface area (Å²) in [6.07, 6.45) is 2.56. The first-order chi connectivity index (χ1) is 12.3. The number of H-pyrrole nitrogens is 1. The lowest BCUT2D eigenvalue weighted by Crippen LogP contribution is -2.27. The second-order valence-electron chi connectivity index (χ2n) is 6.65. The second-order valence-corrected chi connectivity index (χ2v) is 6.65. The zero-order valence-corrected chi connectivity index (χ0v) is 15.7. The number of aromatic hydroxyl groups is 1. The molecule has 140 valence electrons. The van der Waals surface area contributed by atoms with Crippen molar-refractivity contribution in [2.75, 3.05) is 5.32 Å². The Morgan fingerprint density at radius 3 is 2.54 bits per heavy atom. The van der Waals surface area contributed by atoms with Crippen LogP contribution in [0.3, 0.4) is 0 Å². The van der Waals surface area contributed by atoms with Crippen LogP contribution in [0.1, 0.15) is 51.2 Å². The first-order valence-electron chi connectivity index (χ1n) is 9.02. The quantitative estimate of drug-likeness (QED) is 0.660. The third kappa shape index (κ3) is 3.95. The molecule has 0 aliphatic carbocycles. The summed E-state index contributed by atoms with van der Waals surface area (Å²) in [4.78, 5) is 39.1. The minimum atomic E-state index is -0.763. The summed E-state index contributed by atoms with van der Waals surface area (Å²) in [7, 11) is 0. The number of phenolic OH excluding ortho intramolecular Hbond substituents is 1. The van der Waals surface area contributed by atoms with Crippen molar-refractivity contribution in [2.45, 2.75) is 53.4 Å². The molecular weight excluding hydrogens is 332 g/mol. The molecule has 0 bridgehead atoms. The molecule has 1 unspecified atom stereocenters. The Morgan fingerprint density at radius 1 is 1.23 bits per heavy atom. The number of carbonyl (C=O) groups excluding carboxylic acids is 2. The zero-order chi connectivity index (χ0) is 19.4. The number of amides is 1. The number of nitrogens with one attached hydrogen (secondary N) is 2. The highest BCUT2D eigenvalue weighted by molar-refractivity contribution is 6.07. The van der Waals surface area contributed by atoms with Crippen molar-refractivity contribution < 1.29 is 14.7 Å². The average Bonchev–Trinajstić information content (AvgIpc) is 2.58. The lowest BCUT2D eigenvalue weighted by Gasteiger charge is -2.14. The van der Waals surface area contributed by atoms with Gasteiger partial charge in [-0.15, -0.1) is 0 Å². The van der Waals surface area contributed by atoms with Gasteiger partial charge in [0.25, 0.3) is 5.56 Å². The van der Waals surface area contributed by atoms with E-state index in [1.54, 1.807) is 19.9 Å². The van der Waals surface area contributed by atoms with Gasteiger partial charge in [-0.1, -0.05) is 20.3 Å². The topological polar surface area (TPSA) is 99.3 Å². The van der Waals surface area contributed by atoms with E-state index in [9.17, 15) is 19.5 Å². The van der Waals surface area contributed by atoms with Crippen LogP contribution in [-0.2, 0) is 16.0 Å². The number of carbonyl (C=O) groups is 2. The Bertz CT molecular complexity index is 899. The van der Waals surface area contributed by atoms with E-state index in [-0.39, 0.29) is 17.1 Å². The van der Waals surface area contributed by atoms with Gasteiger partial charge >= 0.3 is 0 Å². The Kier molecular flexibility index (Phi) is 6.18. The number of benzene rings is 1. The number of fused-ring (bicyclic) bond motifs is 1. The molecule has 0 spiro atoms. The van der Waals surface area contributed by atoms with Crippen molar-refractivity contribution in [3.05, 3.63) is 33.6 Å². The van der Waals surface area contributed by atoms with Crippen LogP contribution in [0.25, 0.3) is 10.9 Å². The molecule has 1 atom stereocenters. The Hall–Kier alpha value is -2.63. The average molecular weight is 358 g/mol. The maximum Gasteiger partial charge on any atom is 0.251 e. The van der Waals surface area contributed by atoms with Gasteiger partial charge in [0.15, 0.2) is 0 Å². The largest absolute Gasteiger partial charge is 0.507 e. The summed E-state index contributed by atoms with van der Waals surface area (Å²) in [6, 6.07) is 3.07. The Labute approximate surface area is 152 Å². The van der Waals surface area contributed by atoms with Gasteiger partial charge < -0.3 is 15.4 Å². The van der Waals surface area contributed by atoms with Gasteiger partial charge in [0.1, 0.15) is 11.5 Å². The summed E-state index contributed by atoms with van der Waals surface area (Å²) in [5.41, 5.74) is 2.00. The number of aromatic amines is 1. The molecule has 1 aromatic carbocycles. The number of aromatic nitrogens is 1. The number of anilines is 1. The van der Waals surface area contributed by atoms with Crippen molar-refractivity contribution in [2.24, 2.45) is 5.92 Å². The van der Waals surface area contributed by atoms with Gasteiger partial charge in [0.2, 0.25) is 5.91 Å². The van der Waals surface area contributed by atoms with Crippen LogP contribution in [0.15, 0.2) is 16.9 Å². The zero-order valence-electron chi connectivity index (χ0n) is 15.7. The van der Waals surface area contributed by atoms with Crippen molar-refractivity contribution >= 4 is 28.3 Å². The lowest BCUT2D eigenvalue weighted by atomic mass is 9.98. The molecule has 6 heteroatoms. The van der Waals surface area contributed by atoms with E-state index in [1.807, 2.05) is 13.8 Å². The summed E-state index contributed by atoms with van der Waals surface area (Å²) >= 11 is 0.